The normalized spacial score (nSPS) is 10.9. The Hall–Kier alpha value is -2.68. The quantitative estimate of drug-likeness (QED) is 0.543. The Labute approximate surface area is 139 Å². The van der Waals surface area contributed by atoms with Crippen LogP contribution in [0.1, 0.15) is 12.2 Å². The number of hydrogen-bond donors (Lipinski definition) is 2. The van der Waals surface area contributed by atoms with Gasteiger partial charge in [0, 0.05) is 18.2 Å². The first-order chi connectivity index (χ1) is 11.5. The summed E-state index contributed by atoms with van der Waals surface area (Å²) in [4.78, 5) is 30.5. The minimum absolute atomic E-state index is 0.193. The summed E-state index contributed by atoms with van der Waals surface area (Å²) in [6, 6.07) is 5.45. The zero-order chi connectivity index (χ0) is 17.1. The van der Waals surface area contributed by atoms with Crippen molar-refractivity contribution in [1.82, 2.24) is 15.1 Å². The van der Waals surface area contributed by atoms with Crippen LogP contribution in [0.15, 0.2) is 38.7 Å². The number of rotatable bonds is 5. The van der Waals surface area contributed by atoms with E-state index in [1.165, 1.54) is 23.9 Å². The SMILES string of the molecule is Cc1cc(NC(=O)CCSc2nc3ccc(F)cc3c(=O)[nH]2)no1. The number of amides is 1. The van der Waals surface area contributed by atoms with Gasteiger partial charge in [0.1, 0.15) is 11.6 Å². The number of aryl methyl sites for hydroxylation is 1. The zero-order valence-corrected chi connectivity index (χ0v) is 13.4. The van der Waals surface area contributed by atoms with E-state index in [1.54, 1.807) is 13.0 Å². The lowest BCUT2D eigenvalue weighted by Gasteiger charge is -2.03. The van der Waals surface area contributed by atoms with Gasteiger partial charge in [-0.1, -0.05) is 16.9 Å². The molecule has 1 aromatic carbocycles. The predicted molar refractivity (Wildman–Crippen MR) is 87.5 cm³/mol. The topological polar surface area (TPSA) is 101 Å². The lowest BCUT2D eigenvalue weighted by molar-refractivity contribution is -0.115. The highest BCUT2D eigenvalue weighted by molar-refractivity contribution is 7.99. The molecule has 0 fully saturated rings. The van der Waals surface area contributed by atoms with E-state index in [0.29, 0.717) is 28.0 Å². The lowest BCUT2D eigenvalue weighted by Crippen LogP contribution is -2.13. The van der Waals surface area contributed by atoms with Gasteiger partial charge in [-0.15, -0.1) is 0 Å². The van der Waals surface area contributed by atoms with Crippen LogP contribution in [0.3, 0.4) is 0 Å². The standard InChI is InChI=1S/C15H13FN4O3S/c1-8-6-12(20-23-8)18-13(21)4-5-24-15-17-11-3-2-9(16)7-10(11)14(22)19-15/h2-3,6-7H,4-5H2,1H3,(H,17,19,22)(H,18,20,21). The van der Waals surface area contributed by atoms with Crippen molar-refractivity contribution >= 4 is 34.4 Å². The van der Waals surface area contributed by atoms with Crippen LogP contribution in [0.2, 0.25) is 0 Å². The van der Waals surface area contributed by atoms with E-state index in [2.05, 4.69) is 20.4 Å². The van der Waals surface area contributed by atoms with Crippen molar-refractivity contribution in [2.45, 2.75) is 18.5 Å². The van der Waals surface area contributed by atoms with Crippen molar-refractivity contribution in [3.05, 3.63) is 46.2 Å². The molecule has 0 aliphatic heterocycles. The molecule has 0 radical (unpaired) electrons. The zero-order valence-electron chi connectivity index (χ0n) is 12.6. The first-order valence-corrected chi connectivity index (χ1v) is 8.05. The van der Waals surface area contributed by atoms with E-state index in [9.17, 15) is 14.0 Å². The minimum atomic E-state index is -0.491. The molecule has 1 amide bonds. The second-order valence-corrected chi connectivity index (χ2v) is 6.09. The van der Waals surface area contributed by atoms with E-state index < -0.39 is 11.4 Å². The molecule has 124 valence electrons. The van der Waals surface area contributed by atoms with Crippen LogP contribution < -0.4 is 10.9 Å². The van der Waals surface area contributed by atoms with Gasteiger partial charge < -0.3 is 14.8 Å². The summed E-state index contributed by atoms with van der Waals surface area (Å²) in [6.45, 7) is 1.73. The van der Waals surface area contributed by atoms with E-state index in [-0.39, 0.29) is 17.7 Å². The minimum Gasteiger partial charge on any atom is -0.360 e. The molecule has 0 unspecified atom stereocenters. The predicted octanol–water partition coefficient (Wildman–Crippen LogP) is 2.48. The highest BCUT2D eigenvalue weighted by atomic mass is 32.2. The van der Waals surface area contributed by atoms with Crippen LogP contribution in [0.5, 0.6) is 0 Å². The average Bonchev–Trinajstić information content (AvgIpc) is 2.93. The molecule has 0 saturated carbocycles. The van der Waals surface area contributed by atoms with Gasteiger partial charge in [0.2, 0.25) is 5.91 Å². The molecule has 0 bridgehead atoms. The number of aromatic nitrogens is 3. The van der Waals surface area contributed by atoms with Crippen molar-refractivity contribution in [2.75, 3.05) is 11.1 Å². The monoisotopic (exact) mass is 348 g/mol. The van der Waals surface area contributed by atoms with Gasteiger partial charge in [-0.2, -0.15) is 0 Å². The maximum atomic E-state index is 13.1. The molecule has 9 heteroatoms. The molecule has 3 aromatic rings. The first kappa shape index (κ1) is 16.2. The molecule has 0 saturated heterocycles. The number of hydrogen-bond acceptors (Lipinski definition) is 6. The fourth-order valence-electron chi connectivity index (χ4n) is 2.03. The van der Waals surface area contributed by atoms with Gasteiger partial charge in [-0.05, 0) is 25.1 Å². The Morgan fingerprint density at radius 3 is 3.00 bits per heavy atom. The summed E-state index contributed by atoms with van der Waals surface area (Å²) in [5.41, 5.74) is -0.00491. The molecular weight excluding hydrogens is 335 g/mol. The van der Waals surface area contributed by atoms with Crippen LogP contribution >= 0.6 is 11.8 Å². The van der Waals surface area contributed by atoms with Gasteiger partial charge in [0.05, 0.1) is 10.9 Å². The summed E-state index contributed by atoms with van der Waals surface area (Å²) in [5.74, 6) is 0.671. The second-order valence-electron chi connectivity index (χ2n) is 5.00. The van der Waals surface area contributed by atoms with Gasteiger partial charge in [-0.3, -0.25) is 9.59 Å². The number of nitrogens with one attached hydrogen (secondary N) is 2. The molecule has 0 spiro atoms. The van der Waals surface area contributed by atoms with Crippen molar-refractivity contribution in [2.24, 2.45) is 0 Å². The number of fused-ring (bicyclic) bond motifs is 1. The maximum Gasteiger partial charge on any atom is 0.259 e. The van der Waals surface area contributed by atoms with Gasteiger partial charge >= 0.3 is 0 Å². The third-order valence-electron chi connectivity index (χ3n) is 3.11. The fourth-order valence-corrected chi connectivity index (χ4v) is 2.84. The van der Waals surface area contributed by atoms with E-state index in [0.717, 1.165) is 6.07 Å². The molecule has 2 heterocycles. The summed E-state index contributed by atoms with van der Waals surface area (Å²) < 4.78 is 18.0. The van der Waals surface area contributed by atoms with Crippen LogP contribution in [-0.2, 0) is 4.79 Å². The molecule has 0 aliphatic rings. The molecule has 0 atom stereocenters. The van der Waals surface area contributed by atoms with Crippen molar-refractivity contribution in [1.29, 1.82) is 0 Å². The van der Waals surface area contributed by atoms with E-state index in [1.807, 2.05) is 0 Å². The summed E-state index contributed by atoms with van der Waals surface area (Å²) >= 11 is 1.23. The first-order valence-electron chi connectivity index (χ1n) is 7.07. The molecule has 7 nitrogen and oxygen atoms in total. The van der Waals surface area contributed by atoms with Crippen molar-refractivity contribution < 1.29 is 13.7 Å². The number of halogens is 1. The number of thioether (sulfide) groups is 1. The Balaban J connectivity index is 1.60. The Morgan fingerprint density at radius 2 is 2.25 bits per heavy atom. The number of aromatic amines is 1. The molecule has 24 heavy (non-hydrogen) atoms. The molecule has 2 N–H and O–H groups in total. The Kier molecular flexibility index (Phi) is 4.61. The number of H-pyrrole nitrogens is 1. The highest BCUT2D eigenvalue weighted by Crippen LogP contribution is 2.17. The number of nitrogens with zero attached hydrogens (tertiary/aromatic N) is 2. The Bertz CT molecular complexity index is 953. The maximum absolute atomic E-state index is 13.1. The third kappa shape index (κ3) is 3.80. The lowest BCUT2D eigenvalue weighted by atomic mass is 10.2. The number of carbonyl (C=O) groups excluding carboxylic acids is 1. The van der Waals surface area contributed by atoms with Crippen LogP contribution in [0.25, 0.3) is 10.9 Å². The van der Waals surface area contributed by atoms with Gasteiger partial charge in [0.15, 0.2) is 11.0 Å². The molecule has 2 aromatic heterocycles. The van der Waals surface area contributed by atoms with E-state index >= 15 is 0 Å². The average molecular weight is 348 g/mol. The second kappa shape index (κ2) is 6.83. The van der Waals surface area contributed by atoms with Crippen LogP contribution in [0.4, 0.5) is 10.2 Å². The Morgan fingerprint density at radius 1 is 1.42 bits per heavy atom. The highest BCUT2D eigenvalue weighted by Gasteiger charge is 2.09. The van der Waals surface area contributed by atoms with Crippen LogP contribution in [-0.4, -0.2) is 26.8 Å². The summed E-state index contributed by atoms with van der Waals surface area (Å²) in [6.07, 6.45) is 0.210. The summed E-state index contributed by atoms with van der Waals surface area (Å²) in [7, 11) is 0. The van der Waals surface area contributed by atoms with Gasteiger partial charge in [-0.25, -0.2) is 9.37 Å². The largest absolute Gasteiger partial charge is 0.360 e. The smallest absolute Gasteiger partial charge is 0.259 e. The van der Waals surface area contributed by atoms with Crippen LogP contribution in [0, 0.1) is 12.7 Å². The number of carbonyl (C=O) groups is 1. The molecule has 3 rings (SSSR count). The third-order valence-corrected chi connectivity index (χ3v) is 3.98. The molecular formula is C15H13FN4O3S. The van der Waals surface area contributed by atoms with Gasteiger partial charge in [0.25, 0.3) is 5.56 Å². The molecule has 0 aliphatic carbocycles. The van der Waals surface area contributed by atoms with E-state index in [4.69, 9.17) is 4.52 Å². The van der Waals surface area contributed by atoms with Crippen molar-refractivity contribution in [3.63, 3.8) is 0 Å². The summed E-state index contributed by atoms with van der Waals surface area (Å²) in [5, 5.41) is 6.85. The number of benzene rings is 1. The fraction of sp³-hybridized carbons (Fsp3) is 0.200. The number of anilines is 1. The van der Waals surface area contributed by atoms with Crippen molar-refractivity contribution in [3.8, 4) is 0 Å².